The molecule has 0 bridgehead atoms. The molecule has 5 nitrogen and oxygen atoms in total. The van der Waals surface area contributed by atoms with Crippen LogP contribution in [-0.2, 0) is 40.6 Å². The van der Waals surface area contributed by atoms with E-state index in [-0.39, 0.29) is 16.8 Å². The molecule has 1 atom stereocenters. The third-order valence-electron chi connectivity index (χ3n) is 7.41. The molecule has 4 aromatic rings. The van der Waals surface area contributed by atoms with E-state index in [9.17, 15) is 13.2 Å². The van der Waals surface area contributed by atoms with Crippen LogP contribution in [0.1, 0.15) is 53.6 Å². The fourth-order valence-electron chi connectivity index (χ4n) is 5.16. The van der Waals surface area contributed by atoms with Crippen molar-refractivity contribution in [3.8, 4) is 0 Å². The Bertz CT molecular complexity index is 1520. The van der Waals surface area contributed by atoms with Gasteiger partial charge in [0.15, 0.2) is 0 Å². The number of aryl methyl sites for hydroxylation is 3. The molecule has 0 fully saturated rings. The number of carbonyl (C=O) groups excluding carboxylic acids is 1. The number of hydrogen-bond acceptors (Lipinski definition) is 3. The van der Waals surface area contributed by atoms with Crippen molar-refractivity contribution < 1.29 is 13.2 Å². The van der Waals surface area contributed by atoms with Crippen LogP contribution in [0.4, 0.5) is 5.69 Å². The van der Waals surface area contributed by atoms with Crippen molar-refractivity contribution >= 4 is 21.6 Å². The van der Waals surface area contributed by atoms with E-state index in [1.54, 1.807) is 12.1 Å². The van der Waals surface area contributed by atoms with Crippen LogP contribution in [-0.4, -0.2) is 14.3 Å². The van der Waals surface area contributed by atoms with Gasteiger partial charge in [-0.2, -0.15) is 0 Å². The second-order valence-electron chi connectivity index (χ2n) is 10.0. The van der Waals surface area contributed by atoms with Gasteiger partial charge in [-0.15, -0.1) is 0 Å². The molecule has 39 heavy (non-hydrogen) atoms. The number of hydrogen-bond donors (Lipinski definition) is 1. The van der Waals surface area contributed by atoms with Crippen LogP contribution < -0.4 is 9.62 Å². The minimum atomic E-state index is -3.68. The Labute approximate surface area is 231 Å². The van der Waals surface area contributed by atoms with Gasteiger partial charge in [-0.3, -0.25) is 4.79 Å². The van der Waals surface area contributed by atoms with E-state index in [2.05, 4.69) is 4.72 Å². The summed E-state index contributed by atoms with van der Waals surface area (Å²) in [6.07, 6.45) is 3.38. The first-order chi connectivity index (χ1) is 18.9. The third-order valence-corrected chi connectivity index (χ3v) is 8.90. The van der Waals surface area contributed by atoms with Crippen molar-refractivity contribution in [1.29, 1.82) is 0 Å². The number of nitrogens with one attached hydrogen (secondary N) is 1. The Morgan fingerprint density at radius 2 is 1.51 bits per heavy atom. The number of rotatable bonds is 10. The highest BCUT2D eigenvalue weighted by Gasteiger charge is 2.29. The second-order valence-corrected chi connectivity index (χ2v) is 11.8. The highest BCUT2D eigenvalue weighted by atomic mass is 32.2. The molecule has 0 aromatic heterocycles. The van der Waals surface area contributed by atoms with E-state index >= 15 is 0 Å². The Balaban J connectivity index is 1.40. The Morgan fingerprint density at radius 3 is 2.18 bits per heavy atom. The van der Waals surface area contributed by atoms with Gasteiger partial charge in [-0.25, -0.2) is 13.1 Å². The number of nitrogens with zero attached hydrogens (tertiary/aromatic N) is 1. The zero-order chi connectivity index (χ0) is 27.2. The van der Waals surface area contributed by atoms with Gasteiger partial charge in [0.25, 0.3) is 0 Å². The third kappa shape index (κ3) is 6.47. The first-order valence-electron chi connectivity index (χ1n) is 13.6. The lowest BCUT2D eigenvalue weighted by Gasteiger charge is -2.25. The second kappa shape index (κ2) is 12.0. The Hall–Kier alpha value is -3.74. The number of benzene rings is 4. The van der Waals surface area contributed by atoms with E-state index in [4.69, 9.17) is 0 Å². The average molecular weight is 539 g/mol. The number of sulfonamides is 1. The van der Waals surface area contributed by atoms with Gasteiger partial charge in [0.05, 0.1) is 11.4 Å². The van der Waals surface area contributed by atoms with Crippen molar-refractivity contribution in [2.24, 2.45) is 0 Å². The predicted octanol–water partition coefficient (Wildman–Crippen LogP) is 6.38. The van der Waals surface area contributed by atoms with Crippen LogP contribution in [0.15, 0.2) is 108 Å². The predicted molar refractivity (Wildman–Crippen MR) is 156 cm³/mol. The maximum Gasteiger partial charge on any atom is 0.241 e. The van der Waals surface area contributed by atoms with E-state index in [1.165, 1.54) is 0 Å². The van der Waals surface area contributed by atoms with Crippen molar-refractivity contribution in [1.82, 2.24) is 4.72 Å². The monoisotopic (exact) mass is 538 g/mol. The van der Waals surface area contributed by atoms with Crippen LogP contribution in [0.25, 0.3) is 0 Å². The quantitative estimate of drug-likeness (QED) is 0.255. The lowest BCUT2D eigenvalue weighted by Crippen LogP contribution is -2.31. The molecule has 1 amide bonds. The summed E-state index contributed by atoms with van der Waals surface area (Å²) in [5.74, 6) is 0.0359. The number of fused-ring (bicyclic) bond motifs is 1. The van der Waals surface area contributed by atoms with Gasteiger partial charge >= 0.3 is 0 Å². The van der Waals surface area contributed by atoms with E-state index in [0.29, 0.717) is 25.8 Å². The molecule has 1 aliphatic carbocycles. The molecule has 0 saturated carbocycles. The standard InChI is InChI=1S/C33H34N2O3S/c1-2-25-13-19-30(20-14-25)39(37,38)34-32-21-17-28-16-18-29(23-31(28)32)35(24-27-11-7-4-8-12-27)33(36)22-15-26-9-5-3-6-10-26/h3-14,16,18-20,23,32,34H,2,15,17,21-22,24H2,1H3. The summed E-state index contributed by atoms with van der Waals surface area (Å²) < 4.78 is 29.3. The summed E-state index contributed by atoms with van der Waals surface area (Å²) in [6.45, 7) is 2.50. The molecule has 1 N–H and O–H groups in total. The summed E-state index contributed by atoms with van der Waals surface area (Å²) in [5, 5.41) is 0. The number of amides is 1. The average Bonchev–Trinajstić information content (AvgIpc) is 3.37. The molecule has 1 aliphatic rings. The summed E-state index contributed by atoms with van der Waals surface area (Å²) in [6, 6.07) is 32.7. The zero-order valence-corrected chi connectivity index (χ0v) is 23.0. The maximum absolute atomic E-state index is 13.6. The molecule has 0 aliphatic heterocycles. The van der Waals surface area contributed by atoms with Crippen LogP contribution in [0.3, 0.4) is 0 Å². The molecule has 200 valence electrons. The van der Waals surface area contributed by atoms with Gasteiger partial charge in [-0.1, -0.05) is 85.8 Å². The maximum atomic E-state index is 13.6. The topological polar surface area (TPSA) is 66.5 Å². The van der Waals surface area contributed by atoms with E-state index in [0.717, 1.165) is 46.3 Å². The molecule has 0 spiro atoms. The van der Waals surface area contributed by atoms with Crippen LogP contribution in [0.2, 0.25) is 0 Å². The highest BCUT2D eigenvalue weighted by molar-refractivity contribution is 7.89. The molecule has 4 aromatic carbocycles. The van der Waals surface area contributed by atoms with Gasteiger partial charge in [0.2, 0.25) is 15.9 Å². The van der Waals surface area contributed by atoms with Crippen molar-refractivity contribution in [2.75, 3.05) is 4.90 Å². The summed E-state index contributed by atoms with van der Waals surface area (Å²) in [4.78, 5) is 15.7. The smallest absolute Gasteiger partial charge is 0.241 e. The van der Waals surface area contributed by atoms with Crippen molar-refractivity contribution in [3.05, 3.63) is 131 Å². The molecular weight excluding hydrogens is 504 g/mol. The minimum absolute atomic E-state index is 0.0359. The van der Waals surface area contributed by atoms with Crippen LogP contribution in [0.5, 0.6) is 0 Å². The summed E-state index contributed by atoms with van der Waals surface area (Å²) in [7, 11) is -3.68. The lowest BCUT2D eigenvalue weighted by atomic mass is 10.1. The van der Waals surface area contributed by atoms with E-state index < -0.39 is 10.0 Å². The first-order valence-corrected chi connectivity index (χ1v) is 15.0. The largest absolute Gasteiger partial charge is 0.308 e. The summed E-state index contributed by atoms with van der Waals surface area (Å²) >= 11 is 0. The van der Waals surface area contributed by atoms with Crippen molar-refractivity contribution in [3.63, 3.8) is 0 Å². The molecular formula is C33H34N2O3S. The minimum Gasteiger partial charge on any atom is -0.308 e. The Morgan fingerprint density at radius 1 is 0.846 bits per heavy atom. The molecule has 0 radical (unpaired) electrons. The molecule has 1 unspecified atom stereocenters. The molecule has 0 heterocycles. The SMILES string of the molecule is CCc1ccc(S(=O)(=O)NC2CCc3ccc(N(Cc4ccccc4)C(=O)CCc4ccccc4)cc32)cc1. The van der Waals surface area contributed by atoms with Gasteiger partial charge in [-0.05, 0) is 77.8 Å². The number of carbonyl (C=O) groups is 1. The normalized spacial score (nSPS) is 14.6. The van der Waals surface area contributed by atoms with Crippen LogP contribution >= 0.6 is 0 Å². The molecule has 0 saturated heterocycles. The molecule has 6 heteroatoms. The molecule has 5 rings (SSSR count). The van der Waals surface area contributed by atoms with Gasteiger partial charge < -0.3 is 4.90 Å². The van der Waals surface area contributed by atoms with E-state index in [1.807, 2.05) is 103 Å². The number of anilines is 1. The highest BCUT2D eigenvalue weighted by Crippen LogP contribution is 2.36. The first kappa shape index (κ1) is 26.9. The summed E-state index contributed by atoms with van der Waals surface area (Å²) in [5.41, 5.74) is 6.10. The van der Waals surface area contributed by atoms with Crippen LogP contribution in [0, 0.1) is 0 Å². The van der Waals surface area contributed by atoms with Gasteiger partial charge in [0, 0.05) is 18.2 Å². The fourth-order valence-corrected chi connectivity index (χ4v) is 6.41. The Kier molecular flexibility index (Phi) is 8.24. The lowest BCUT2D eigenvalue weighted by molar-refractivity contribution is -0.118. The van der Waals surface area contributed by atoms with Crippen molar-refractivity contribution in [2.45, 2.75) is 56.5 Å². The van der Waals surface area contributed by atoms with Gasteiger partial charge in [0.1, 0.15) is 0 Å². The zero-order valence-electron chi connectivity index (χ0n) is 22.2. The fraction of sp³-hybridized carbons (Fsp3) is 0.242.